The summed E-state index contributed by atoms with van der Waals surface area (Å²) in [4.78, 5) is 27.6. The van der Waals surface area contributed by atoms with Crippen LogP contribution in [0.1, 0.15) is 69.3 Å². The van der Waals surface area contributed by atoms with E-state index in [0.717, 1.165) is 58.0 Å². The van der Waals surface area contributed by atoms with Gasteiger partial charge in [0.25, 0.3) is 0 Å². The van der Waals surface area contributed by atoms with E-state index in [0.29, 0.717) is 23.9 Å². The van der Waals surface area contributed by atoms with E-state index in [1.54, 1.807) is 12.1 Å². The lowest BCUT2D eigenvalue weighted by Crippen LogP contribution is -2.50. The average molecular weight is 466 g/mol. The molecule has 1 unspecified atom stereocenters. The van der Waals surface area contributed by atoms with Gasteiger partial charge in [0.05, 0.1) is 0 Å². The maximum atomic E-state index is 13.1. The second-order valence-corrected chi connectivity index (χ2v) is 9.69. The van der Waals surface area contributed by atoms with Crippen molar-refractivity contribution in [2.75, 3.05) is 18.4 Å². The molecule has 1 saturated carbocycles. The van der Waals surface area contributed by atoms with Crippen molar-refractivity contribution in [2.24, 2.45) is 5.92 Å². The second kappa shape index (κ2) is 12.0. The zero-order chi connectivity index (χ0) is 23.8. The van der Waals surface area contributed by atoms with Gasteiger partial charge >= 0.3 is 6.03 Å². The zero-order valence-electron chi connectivity index (χ0n) is 19.8. The van der Waals surface area contributed by atoms with Crippen molar-refractivity contribution >= 4 is 17.6 Å². The van der Waals surface area contributed by atoms with Crippen molar-refractivity contribution < 1.29 is 14.0 Å². The van der Waals surface area contributed by atoms with Gasteiger partial charge in [-0.25, -0.2) is 9.18 Å². The van der Waals surface area contributed by atoms with Crippen LogP contribution in [0.25, 0.3) is 0 Å². The van der Waals surface area contributed by atoms with Crippen LogP contribution in [0.5, 0.6) is 0 Å². The van der Waals surface area contributed by atoms with Crippen LogP contribution >= 0.6 is 0 Å². The summed E-state index contributed by atoms with van der Waals surface area (Å²) in [6, 6.07) is 15.4. The van der Waals surface area contributed by atoms with Crippen LogP contribution in [0.15, 0.2) is 54.6 Å². The van der Waals surface area contributed by atoms with Gasteiger partial charge < -0.3 is 15.5 Å². The summed E-state index contributed by atoms with van der Waals surface area (Å²) in [7, 11) is 0. The van der Waals surface area contributed by atoms with Crippen LogP contribution < -0.4 is 10.6 Å². The molecule has 182 valence electrons. The van der Waals surface area contributed by atoms with Gasteiger partial charge in [0.2, 0.25) is 5.91 Å². The topological polar surface area (TPSA) is 61.4 Å². The standard InChI is InChI=1S/C28H36FN3O2/c29-23-16-14-21(15-17-23)25-20-22(25)10-4-1-7-13-26(27(33)32-18-8-3-9-19-32)31-28(34)30-24-11-5-2-6-12-24/h2,5-6,11-12,14-17,22,25-26H,1,3-4,7-10,13,18-20H2,(H2,30,31,34)/t22?,25-,26-/m0/s1. The van der Waals surface area contributed by atoms with Crippen molar-refractivity contribution in [3.63, 3.8) is 0 Å². The monoisotopic (exact) mass is 465 g/mol. The number of urea groups is 1. The van der Waals surface area contributed by atoms with E-state index in [2.05, 4.69) is 10.6 Å². The Labute approximate surface area is 202 Å². The number of para-hydroxylation sites is 1. The molecule has 3 atom stereocenters. The lowest BCUT2D eigenvalue weighted by atomic mass is 10.0. The fourth-order valence-electron chi connectivity index (χ4n) is 5.06. The minimum Gasteiger partial charge on any atom is -0.341 e. The first kappa shape index (κ1) is 24.2. The van der Waals surface area contributed by atoms with Crippen LogP contribution in [0.2, 0.25) is 0 Å². The van der Waals surface area contributed by atoms with E-state index in [9.17, 15) is 14.0 Å². The molecule has 1 saturated heterocycles. The Morgan fingerprint density at radius 2 is 1.68 bits per heavy atom. The Morgan fingerprint density at radius 3 is 2.41 bits per heavy atom. The molecule has 2 aliphatic rings. The van der Waals surface area contributed by atoms with Crippen molar-refractivity contribution in [2.45, 2.75) is 69.7 Å². The number of carbonyl (C=O) groups excluding carboxylic acids is 2. The molecule has 1 heterocycles. The Bertz CT molecular complexity index is 928. The molecule has 2 aromatic carbocycles. The summed E-state index contributed by atoms with van der Waals surface area (Å²) >= 11 is 0. The molecule has 4 rings (SSSR count). The SMILES string of the molecule is O=C(Nc1ccccc1)N[C@@H](CCCCCC1C[C@H]1c1ccc(F)cc1)C(=O)N1CCCCC1. The van der Waals surface area contributed by atoms with E-state index >= 15 is 0 Å². The normalized spacial score (nSPS) is 20.4. The van der Waals surface area contributed by atoms with Gasteiger partial charge in [0.15, 0.2) is 0 Å². The van der Waals surface area contributed by atoms with Crippen molar-refractivity contribution in [3.05, 3.63) is 66.0 Å². The molecule has 1 aliphatic carbocycles. The van der Waals surface area contributed by atoms with E-state index in [4.69, 9.17) is 0 Å². The third kappa shape index (κ3) is 7.05. The highest BCUT2D eigenvalue weighted by Crippen LogP contribution is 2.50. The van der Waals surface area contributed by atoms with Gasteiger partial charge in [0, 0.05) is 18.8 Å². The highest BCUT2D eigenvalue weighted by atomic mass is 19.1. The molecule has 2 N–H and O–H groups in total. The summed E-state index contributed by atoms with van der Waals surface area (Å²) in [6.07, 6.45) is 9.29. The van der Waals surface area contributed by atoms with Gasteiger partial charge in [-0.15, -0.1) is 0 Å². The molecular formula is C28H36FN3O2. The fraction of sp³-hybridized carbons (Fsp3) is 0.500. The Morgan fingerprint density at radius 1 is 0.941 bits per heavy atom. The first-order valence-corrected chi connectivity index (χ1v) is 12.8. The second-order valence-electron chi connectivity index (χ2n) is 9.69. The molecule has 1 aliphatic heterocycles. The molecule has 0 spiro atoms. The van der Waals surface area contributed by atoms with Crippen molar-refractivity contribution in [3.8, 4) is 0 Å². The van der Waals surface area contributed by atoms with E-state index in [-0.39, 0.29) is 17.8 Å². The zero-order valence-corrected chi connectivity index (χ0v) is 19.8. The molecule has 3 amide bonds. The predicted octanol–water partition coefficient (Wildman–Crippen LogP) is 6.08. The molecule has 34 heavy (non-hydrogen) atoms. The Balaban J connectivity index is 1.22. The number of carbonyl (C=O) groups is 2. The number of nitrogens with one attached hydrogen (secondary N) is 2. The number of nitrogens with zero attached hydrogens (tertiary/aromatic N) is 1. The fourth-order valence-corrected chi connectivity index (χ4v) is 5.06. The summed E-state index contributed by atoms with van der Waals surface area (Å²) in [6.45, 7) is 1.56. The molecule has 2 fully saturated rings. The Hall–Kier alpha value is -2.89. The van der Waals surface area contributed by atoms with Gasteiger partial charge in [-0.3, -0.25) is 4.79 Å². The summed E-state index contributed by atoms with van der Waals surface area (Å²) in [5.41, 5.74) is 1.96. The van der Waals surface area contributed by atoms with E-state index < -0.39 is 6.04 Å². The molecular weight excluding hydrogens is 429 g/mol. The number of hydrogen-bond donors (Lipinski definition) is 2. The molecule has 2 aromatic rings. The maximum Gasteiger partial charge on any atom is 0.319 e. The highest BCUT2D eigenvalue weighted by molar-refractivity contribution is 5.93. The molecule has 6 heteroatoms. The number of hydrogen-bond acceptors (Lipinski definition) is 2. The number of amides is 3. The lowest BCUT2D eigenvalue weighted by Gasteiger charge is -2.31. The number of likely N-dealkylation sites (tertiary alicyclic amines) is 1. The lowest BCUT2D eigenvalue weighted by molar-refractivity contribution is -0.134. The molecule has 0 radical (unpaired) electrons. The summed E-state index contributed by atoms with van der Waals surface area (Å²) in [5.74, 6) is 1.12. The summed E-state index contributed by atoms with van der Waals surface area (Å²) in [5, 5.41) is 5.77. The number of piperidine rings is 1. The van der Waals surface area contributed by atoms with Crippen molar-refractivity contribution in [1.29, 1.82) is 0 Å². The van der Waals surface area contributed by atoms with Gasteiger partial charge in [0.1, 0.15) is 11.9 Å². The quantitative estimate of drug-likeness (QED) is 0.418. The van der Waals surface area contributed by atoms with Gasteiger partial charge in [-0.05, 0) is 80.2 Å². The van der Waals surface area contributed by atoms with Crippen LogP contribution in [0.4, 0.5) is 14.9 Å². The average Bonchev–Trinajstić information content (AvgIpc) is 3.64. The minimum atomic E-state index is -0.491. The van der Waals surface area contributed by atoms with E-state index in [1.165, 1.54) is 12.0 Å². The first-order valence-electron chi connectivity index (χ1n) is 12.8. The summed E-state index contributed by atoms with van der Waals surface area (Å²) < 4.78 is 13.1. The van der Waals surface area contributed by atoms with Crippen LogP contribution in [0, 0.1) is 11.7 Å². The highest BCUT2D eigenvalue weighted by Gasteiger charge is 2.37. The van der Waals surface area contributed by atoms with Crippen LogP contribution in [-0.2, 0) is 4.79 Å². The maximum absolute atomic E-state index is 13.1. The smallest absolute Gasteiger partial charge is 0.319 e. The number of benzene rings is 2. The van der Waals surface area contributed by atoms with Gasteiger partial charge in [-0.1, -0.05) is 49.6 Å². The minimum absolute atomic E-state index is 0.0430. The largest absolute Gasteiger partial charge is 0.341 e. The van der Waals surface area contributed by atoms with Crippen LogP contribution in [0.3, 0.4) is 0 Å². The molecule has 0 bridgehead atoms. The van der Waals surface area contributed by atoms with Crippen molar-refractivity contribution in [1.82, 2.24) is 10.2 Å². The third-order valence-electron chi connectivity index (χ3n) is 7.09. The number of unbranched alkanes of at least 4 members (excludes halogenated alkanes) is 2. The number of rotatable bonds is 10. The predicted molar refractivity (Wildman–Crippen MR) is 133 cm³/mol. The third-order valence-corrected chi connectivity index (χ3v) is 7.09. The number of halogens is 1. The first-order chi connectivity index (χ1) is 16.6. The Kier molecular flexibility index (Phi) is 8.56. The molecule has 5 nitrogen and oxygen atoms in total. The van der Waals surface area contributed by atoms with Gasteiger partial charge in [-0.2, -0.15) is 0 Å². The number of anilines is 1. The van der Waals surface area contributed by atoms with E-state index in [1.807, 2.05) is 47.4 Å². The molecule has 0 aromatic heterocycles. The van der Waals surface area contributed by atoms with Crippen LogP contribution in [-0.4, -0.2) is 36.0 Å².